The monoisotopic (exact) mass is 290 g/mol. The average molecular weight is 290 g/mol. The van der Waals surface area contributed by atoms with Crippen molar-refractivity contribution in [2.24, 2.45) is 11.8 Å². The molecule has 118 valence electrons. The first kappa shape index (κ1) is 15.1. The fourth-order valence-electron chi connectivity index (χ4n) is 3.38. The highest BCUT2D eigenvalue weighted by molar-refractivity contribution is 5.21. The van der Waals surface area contributed by atoms with Gasteiger partial charge in [-0.05, 0) is 63.6 Å². The summed E-state index contributed by atoms with van der Waals surface area (Å²) in [6.07, 6.45) is 5.37. The van der Waals surface area contributed by atoms with Crippen LogP contribution >= 0.6 is 0 Å². The van der Waals surface area contributed by atoms with Crippen LogP contribution in [0.4, 0.5) is 0 Å². The van der Waals surface area contributed by atoms with Gasteiger partial charge in [0.25, 0.3) is 0 Å². The highest BCUT2D eigenvalue weighted by Crippen LogP contribution is 2.26. The third-order valence-corrected chi connectivity index (χ3v) is 5.18. The van der Waals surface area contributed by atoms with Crippen LogP contribution in [0.2, 0.25) is 0 Å². The van der Waals surface area contributed by atoms with Gasteiger partial charge in [0.1, 0.15) is 11.5 Å². The van der Waals surface area contributed by atoms with Crippen LogP contribution in [0.3, 0.4) is 0 Å². The third kappa shape index (κ3) is 4.10. The number of nitrogens with zero attached hydrogens (tertiary/aromatic N) is 1. The molecule has 0 atom stereocenters. The third-order valence-electron chi connectivity index (χ3n) is 5.18. The number of aryl methyl sites for hydroxylation is 1. The number of nitrogens with one attached hydrogen (secondary N) is 1. The fraction of sp³-hybridized carbons (Fsp3) is 0.778. The summed E-state index contributed by atoms with van der Waals surface area (Å²) < 4.78 is 5.90. The Morgan fingerprint density at radius 1 is 1.24 bits per heavy atom. The zero-order valence-electron chi connectivity index (χ0n) is 13.8. The summed E-state index contributed by atoms with van der Waals surface area (Å²) in [5, 5.41) is 3.53. The van der Waals surface area contributed by atoms with Gasteiger partial charge in [0.2, 0.25) is 0 Å². The topological polar surface area (TPSA) is 28.4 Å². The summed E-state index contributed by atoms with van der Waals surface area (Å²) in [6.45, 7) is 11.3. The summed E-state index contributed by atoms with van der Waals surface area (Å²) in [7, 11) is 0. The maximum absolute atomic E-state index is 5.90. The summed E-state index contributed by atoms with van der Waals surface area (Å²) in [5.74, 6) is 3.97. The smallest absolute Gasteiger partial charge is 0.118 e. The molecule has 1 aliphatic heterocycles. The van der Waals surface area contributed by atoms with Crippen LogP contribution in [0.15, 0.2) is 10.5 Å². The second-order valence-corrected chi connectivity index (χ2v) is 7.31. The lowest BCUT2D eigenvalue weighted by molar-refractivity contribution is 0.151. The van der Waals surface area contributed by atoms with Gasteiger partial charge in [0.05, 0.1) is 6.54 Å². The van der Waals surface area contributed by atoms with Crippen molar-refractivity contribution < 1.29 is 4.42 Å². The van der Waals surface area contributed by atoms with Crippen molar-refractivity contribution in [1.29, 1.82) is 0 Å². The van der Waals surface area contributed by atoms with Crippen LogP contribution in [0.5, 0.6) is 0 Å². The van der Waals surface area contributed by atoms with Gasteiger partial charge < -0.3 is 9.73 Å². The second kappa shape index (κ2) is 6.53. The van der Waals surface area contributed by atoms with Crippen LogP contribution in [0, 0.1) is 18.8 Å². The van der Waals surface area contributed by atoms with Crippen molar-refractivity contribution in [1.82, 2.24) is 10.2 Å². The molecule has 0 radical (unpaired) electrons. The van der Waals surface area contributed by atoms with Gasteiger partial charge >= 0.3 is 0 Å². The molecule has 3 rings (SSSR count). The van der Waals surface area contributed by atoms with E-state index in [-0.39, 0.29) is 0 Å². The van der Waals surface area contributed by atoms with E-state index >= 15 is 0 Å². The molecule has 1 N–H and O–H groups in total. The van der Waals surface area contributed by atoms with E-state index in [1.807, 2.05) is 0 Å². The van der Waals surface area contributed by atoms with E-state index in [0.29, 0.717) is 0 Å². The molecule has 0 spiro atoms. The van der Waals surface area contributed by atoms with E-state index in [4.69, 9.17) is 4.42 Å². The van der Waals surface area contributed by atoms with Gasteiger partial charge in [-0.25, -0.2) is 0 Å². The van der Waals surface area contributed by atoms with Crippen molar-refractivity contribution in [3.05, 3.63) is 23.2 Å². The zero-order valence-corrected chi connectivity index (χ0v) is 13.8. The number of hydrogen-bond acceptors (Lipinski definition) is 3. The Kier molecular flexibility index (Phi) is 4.70. The number of hydrogen-bond donors (Lipinski definition) is 1. The molecule has 0 amide bonds. The van der Waals surface area contributed by atoms with Gasteiger partial charge in [-0.2, -0.15) is 0 Å². The van der Waals surface area contributed by atoms with Crippen LogP contribution in [0.1, 0.15) is 56.6 Å². The van der Waals surface area contributed by atoms with E-state index in [9.17, 15) is 0 Å². The number of furan rings is 1. The summed E-state index contributed by atoms with van der Waals surface area (Å²) >= 11 is 0. The molecule has 1 aliphatic carbocycles. The van der Waals surface area contributed by atoms with Crippen LogP contribution in [0.25, 0.3) is 0 Å². The highest BCUT2D eigenvalue weighted by atomic mass is 16.3. The predicted octanol–water partition coefficient (Wildman–Crippen LogP) is 3.71. The summed E-state index contributed by atoms with van der Waals surface area (Å²) in [4.78, 5) is 2.59. The molecule has 1 saturated carbocycles. The maximum Gasteiger partial charge on any atom is 0.118 e. The van der Waals surface area contributed by atoms with E-state index < -0.39 is 0 Å². The SMILES string of the molecule is Cc1oc(CNC2CC2)cc1CN1CCC(C(C)C)CC1. The minimum absolute atomic E-state index is 0.744. The molecule has 3 nitrogen and oxygen atoms in total. The van der Waals surface area contributed by atoms with Crippen LogP contribution < -0.4 is 5.32 Å². The molecule has 2 fully saturated rings. The van der Waals surface area contributed by atoms with Crippen molar-refractivity contribution >= 4 is 0 Å². The minimum atomic E-state index is 0.744. The molecule has 1 aromatic heterocycles. The number of rotatable bonds is 6. The van der Waals surface area contributed by atoms with Crippen molar-refractivity contribution in [2.75, 3.05) is 13.1 Å². The normalized spacial score (nSPS) is 21.3. The standard InChI is InChI=1S/C18H30N2O/c1-13(2)15-6-8-20(9-7-15)12-16-10-18(21-14(16)3)11-19-17-4-5-17/h10,13,15,17,19H,4-9,11-12H2,1-3H3. The minimum Gasteiger partial charge on any atom is -0.465 e. The van der Waals surface area contributed by atoms with Crippen molar-refractivity contribution in [3.8, 4) is 0 Å². The Labute approximate surface area is 129 Å². The lowest BCUT2D eigenvalue weighted by Gasteiger charge is -2.33. The Hall–Kier alpha value is -0.800. The summed E-state index contributed by atoms with van der Waals surface area (Å²) in [6, 6.07) is 3.01. The van der Waals surface area contributed by atoms with Gasteiger partial charge in [-0.1, -0.05) is 13.8 Å². The van der Waals surface area contributed by atoms with Crippen molar-refractivity contribution in [3.63, 3.8) is 0 Å². The van der Waals surface area contributed by atoms with Crippen LogP contribution in [-0.4, -0.2) is 24.0 Å². The molecular weight excluding hydrogens is 260 g/mol. The Morgan fingerprint density at radius 2 is 1.95 bits per heavy atom. The first-order chi connectivity index (χ1) is 10.1. The molecule has 0 aromatic carbocycles. The fourth-order valence-corrected chi connectivity index (χ4v) is 3.38. The molecule has 0 bridgehead atoms. The van der Waals surface area contributed by atoms with Crippen molar-refractivity contribution in [2.45, 2.75) is 65.6 Å². The van der Waals surface area contributed by atoms with Gasteiger partial charge in [0.15, 0.2) is 0 Å². The Bertz CT molecular complexity index is 454. The first-order valence-electron chi connectivity index (χ1n) is 8.65. The highest BCUT2D eigenvalue weighted by Gasteiger charge is 2.23. The number of piperidine rings is 1. The summed E-state index contributed by atoms with van der Waals surface area (Å²) in [5.41, 5.74) is 1.38. The average Bonchev–Trinajstić information content (AvgIpc) is 3.23. The molecule has 2 heterocycles. The van der Waals surface area contributed by atoms with E-state index in [2.05, 4.69) is 37.1 Å². The lowest BCUT2D eigenvalue weighted by atomic mass is 9.86. The Balaban J connectivity index is 1.50. The van der Waals surface area contributed by atoms with E-state index in [1.54, 1.807) is 0 Å². The molecule has 0 unspecified atom stereocenters. The maximum atomic E-state index is 5.90. The first-order valence-corrected chi connectivity index (χ1v) is 8.65. The predicted molar refractivity (Wildman–Crippen MR) is 86.1 cm³/mol. The quantitative estimate of drug-likeness (QED) is 0.866. The van der Waals surface area contributed by atoms with E-state index in [0.717, 1.165) is 42.5 Å². The zero-order chi connectivity index (χ0) is 14.8. The van der Waals surface area contributed by atoms with E-state index in [1.165, 1.54) is 44.3 Å². The molecule has 21 heavy (non-hydrogen) atoms. The second-order valence-electron chi connectivity index (χ2n) is 7.31. The molecule has 1 saturated heterocycles. The largest absolute Gasteiger partial charge is 0.465 e. The molecular formula is C18H30N2O. The number of likely N-dealkylation sites (tertiary alicyclic amines) is 1. The van der Waals surface area contributed by atoms with Crippen LogP contribution in [-0.2, 0) is 13.1 Å². The van der Waals surface area contributed by atoms with Gasteiger partial charge in [-0.15, -0.1) is 0 Å². The molecule has 2 aliphatic rings. The molecule has 1 aromatic rings. The van der Waals surface area contributed by atoms with Gasteiger partial charge in [-0.3, -0.25) is 4.90 Å². The Morgan fingerprint density at radius 3 is 2.57 bits per heavy atom. The lowest BCUT2D eigenvalue weighted by Crippen LogP contribution is -2.34. The van der Waals surface area contributed by atoms with Gasteiger partial charge in [0, 0.05) is 18.2 Å². The molecule has 3 heteroatoms.